The number of thioether (sulfide) groups is 1. The van der Waals surface area contributed by atoms with Gasteiger partial charge in [-0.1, -0.05) is 0 Å². The van der Waals surface area contributed by atoms with Crippen LogP contribution >= 0.6 is 11.8 Å². The number of ether oxygens (including phenoxy) is 2. The zero-order valence-electron chi connectivity index (χ0n) is 11.3. The lowest BCUT2D eigenvalue weighted by molar-refractivity contribution is -0.125. The second kappa shape index (κ2) is 6.74. The van der Waals surface area contributed by atoms with E-state index in [1.165, 1.54) is 11.8 Å². The molecule has 1 aromatic rings. The fourth-order valence-corrected chi connectivity index (χ4v) is 2.50. The fourth-order valence-electron chi connectivity index (χ4n) is 1.88. The average Bonchev–Trinajstić information content (AvgIpc) is 2.46. The third-order valence-corrected chi connectivity index (χ3v) is 3.76. The first-order chi connectivity index (χ1) is 9.94. The Hall–Kier alpha value is -1.15. The summed E-state index contributed by atoms with van der Waals surface area (Å²) >= 11 is 1.42. The summed E-state index contributed by atoms with van der Waals surface area (Å²) in [6.45, 7) is -0.150. The van der Waals surface area contributed by atoms with Gasteiger partial charge in [-0.05, 0) is 24.0 Å². The Bertz CT molecular complexity index is 499. The van der Waals surface area contributed by atoms with Crippen LogP contribution in [-0.2, 0) is 6.54 Å². The number of hydrogen-bond donors (Lipinski definition) is 1. The maximum Gasteiger partial charge on any atom is 0.319 e. The zero-order chi connectivity index (χ0) is 15.5. The Morgan fingerprint density at radius 2 is 1.86 bits per heavy atom. The summed E-state index contributed by atoms with van der Waals surface area (Å²) in [6.07, 6.45) is -1.84. The van der Waals surface area contributed by atoms with E-state index in [0.717, 1.165) is 4.90 Å². The molecule has 1 heterocycles. The topological polar surface area (TPSA) is 30.5 Å². The smallest absolute Gasteiger partial charge is 0.319 e. The van der Waals surface area contributed by atoms with Gasteiger partial charge >= 0.3 is 12.3 Å². The highest BCUT2D eigenvalue weighted by atomic mass is 32.2. The lowest BCUT2D eigenvalue weighted by Gasteiger charge is -2.21. The Morgan fingerprint density at radius 1 is 1.24 bits per heavy atom. The van der Waals surface area contributed by atoms with Gasteiger partial charge in [0.25, 0.3) is 0 Å². The summed E-state index contributed by atoms with van der Waals surface area (Å²) in [4.78, 5) is 0.826. The van der Waals surface area contributed by atoms with E-state index in [9.17, 15) is 17.6 Å². The SMILES string of the molecule is CSc1cc2c(cc1CNCC(F)(F)C(F)F)OCCO2. The second-order valence-corrected chi connectivity index (χ2v) is 5.32. The summed E-state index contributed by atoms with van der Waals surface area (Å²) < 4.78 is 60.7. The van der Waals surface area contributed by atoms with Crippen LogP contribution < -0.4 is 14.8 Å². The second-order valence-electron chi connectivity index (χ2n) is 4.47. The molecule has 0 aliphatic carbocycles. The van der Waals surface area contributed by atoms with Gasteiger partial charge < -0.3 is 14.8 Å². The van der Waals surface area contributed by atoms with Crippen LogP contribution in [0.25, 0.3) is 0 Å². The minimum Gasteiger partial charge on any atom is -0.486 e. The molecule has 8 heteroatoms. The van der Waals surface area contributed by atoms with Crippen molar-refractivity contribution in [2.24, 2.45) is 0 Å². The molecule has 0 unspecified atom stereocenters. The molecular weight excluding hydrogens is 310 g/mol. The number of halogens is 4. The molecule has 21 heavy (non-hydrogen) atoms. The number of fused-ring (bicyclic) bond motifs is 1. The molecule has 1 aliphatic heterocycles. The minimum absolute atomic E-state index is 0.0507. The maximum atomic E-state index is 12.8. The monoisotopic (exact) mass is 325 g/mol. The van der Waals surface area contributed by atoms with E-state index in [4.69, 9.17) is 9.47 Å². The molecule has 3 nitrogen and oxygen atoms in total. The van der Waals surface area contributed by atoms with Crippen molar-refractivity contribution in [3.63, 3.8) is 0 Å². The Balaban J connectivity index is 2.05. The third-order valence-electron chi connectivity index (χ3n) is 2.94. The van der Waals surface area contributed by atoms with E-state index in [-0.39, 0.29) is 6.54 Å². The number of hydrogen-bond acceptors (Lipinski definition) is 4. The predicted octanol–water partition coefficient (Wildman–Crippen LogP) is 3.17. The van der Waals surface area contributed by atoms with Crippen molar-refractivity contribution in [2.45, 2.75) is 23.8 Å². The van der Waals surface area contributed by atoms with Crippen LogP contribution in [0.5, 0.6) is 11.5 Å². The number of rotatable bonds is 6. The van der Waals surface area contributed by atoms with Gasteiger partial charge in [-0.15, -0.1) is 11.8 Å². The van der Waals surface area contributed by atoms with Crippen LogP contribution in [0, 0.1) is 0 Å². The lowest BCUT2D eigenvalue weighted by atomic mass is 10.2. The predicted molar refractivity (Wildman–Crippen MR) is 71.9 cm³/mol. The molecule has 0 bridgehead atoms. The highest BCUT2D eigenvalue weighted by Gasteiger charge is 2.40. The third kappa shape index (κ3) is 3.94. The van der Waals surface area contributed by atoms with Crippen LogP contribution in [0.3, 0.4) is 0 Å². The van der Waals surface area contributed by atoms with E-state index in [1.54, 1.807) is 12.1 Å². The summed E-state index contributed by atoms with van der Waals surface area (Å²) in [5.74, 6) is -2.89. The van der Waals surface area contributed by atoms with Crippen molar-refractivity contribution in [2.75, 3.05) is 26.0 Å². The van der Waals surface area contributed by atoms with E-state index in [0.29, 0.717) is 30.3 Å². The molecule has 1 aliphatic rings. The van der Waals surface area contributed by atoms with Crippen molar-refractivity contribution >= 4 is 11.8 Å². The first kappa shape index (κ1) is 16.2. The standard InChI is InChI=1S/C13H15F4NO2S/c1-21-11-5-10-9(19-2-3-20-10)4-8(11)6-18-7-13(16,17)12(14)15/h4-5,12,18H,2-3,6-7H2,1H3. The van der Waals surface area contributed by atoms with Crippen LogP contribution in [0.15, 0.2) is 17.0 Å². The van der Waals surface area contributed by atoms with Gasteiger partial charge in [0.2, 0.25) is 0 Å². The van der Waals surface area contributed by atoms with E-state index in [1.807, 2.05) is 6.26 Å². The molecule has 1 aromatic carbocycles. The van der Waals surface area contributed by atoms with E-state index in [2.05, 4.69) is 5.32 Å². The fraction of sp³-hybridized carbons (Fsp3) is 0.538. The Kier molecular flexibility index (Phi) is 5.21. The highest BCUT2D eigenvalue weighted by molar-refractivity contribution is 7.98. The molecule has 0 saturated carbocycles. The van der Waals surface area contributed by atoms with E-state index >= 15 is 0 Å². The molecule has 0 amide bonds. The molecule has 0 fully saturated rings. The molecule has 0 atom stereocenters. The van der Waals surface area contributed by atoms with Gasteiger partial charge in [0.05, 0.1) is 6.54 Å². The minimum atomic E-state index is -4.03. The molecule has 0 aromatic heterocycles. The van der Waals surface area contributed by atoms with Gasteiger partial charge in [-0.25, -0.2) is 8.78 Å². The number of nitrogens with one attached hydrogen (secondary N) is 1. The van der Waals surface area contributed by atoms with Crippen LogP contribution in [0.1, 0.15) is 5.56 Å². The van der Waals surface area contributed by atoms with Crippen molar-refractivity contribution < 1.29 is 27.0 Å². The number of alkyl halides is 4. The molecule has 0 saturated heterocycles. The summed E-state index contributed by atoms with van der Waals surface area (Å²) in [6, 6.07) is 3.45. The first-order valence-electron chi connectivity index (χ1n) is 6.27. The maximum absolute atomic E-state index is 12.8. The Morgan fingerprint density at radius 3 is 2.43 bits per heavy atom. The molecular formula is C13H15F4NO2S. The van der Waals surface area contributed by atoms with Crippen molar-refractivity contribution in [1.82, 2.24) is 5.32 Å². The van der Waals surface area contributed by atoms with Crippen LogP contribution in [-0.4, -0.2) is 38.4 Å². The van der Waals surface area contributed by atoms with Crippen LogP contribution in [0.4, 0.5) is 17.6 Å². The zero-order valence-corrected chi connectivity index (χ0v) is 12.1. The van der Waals surface area contributed by atoms with Crippen molar-refractivity contribution in [3.8, 4) is 11.5 Å². The summed E-state index contributed by atoms with van der Waals surface area (Å²) in [5.41, 5.74) is 0.705. The highest BCUT2D eigenvalue weighted by Crippen LogP contribution is 2.36. The van der Waals surface area contributed by atoms with Gasteiger partial charge in [-0.3, -0.25) is 0 Å². The van der Waals surface area contributed by atoms with Gasteiger partial charge in [0, 0.05) is 11.4 Å². The quantitative estimate of drug-likeness (QED) is 0.643. The summed E-state index contributed by atoms with van der Waals surface area (Å²) in [5, 5.41) is 2.37. The number of benzene rings is 1. The molecule has 0 radical (unpaired) electrons. The Labute approximate surface area is 124 Å². The normalized spacial score (nSPS) is 14.6. The van der Waals surface area contributed by atoms with E-state index < -0.39 is 18.9 Å². The molecule has 0 spiro atoms. The molecule has 2 rings (SSSR count). The average molecular weight is 325 g/mol. The first-order valence-corrected chi connectivity index (χ1v) is 7.49. The van der Waals surface area contributed by atoms with Gasteiger partial charge in [0.15, 0.2) is 11.5 Å². The van der Waals surface area contributed by atoms with Crippen molar-refractivity contribution in [3.05, 3.63) is 17.7 Å². The summed E-state index contributed by atoms with van der Waals surface area (Å²) in [7, 11) is 0. The van der Waals surface area contributed by atoms with Crippen molar-refractivity contribution in [1.29, 1.82) is 0 Å². The van der Waals surface area contributed by atoms with Crippen LogP contribution in [0.2, 0.25) is 0 Å². The van der Waals surface area contributed by atoms with Gasteiger partial charge in [-0.2, -0.15) is 8.78 Å². The largest absolute Gasteiger partial charge is 0.486 e. The van der Waals surface area contributed by atoms with Gasteiger partial charge in [0.1, 0.15) is 13.2 Å². The lowest BCUT2D eigenvalue weighted by Crippen LogP contribution is -2.38. The molecule has 118 valence electrons. The molecule has 1 N–H and O–H groups in total.